The Morgan fingerprint density at radius 3 is 2.82 bits per heavy atom. The molecule has 5 rings (SSSR count). The number of aryl methyl sites for hydroxylation is 2. The minimum absolute atomic E-state index is 0.00237. The zero-order chi connectivity index (χ0) is 19.3. The Hall–Kier alpha value is -3.48. The number of carbonyl (C=O) groups excluding carboxylic acids is 1. The Labute approximate surface area is 162 Å². The van der Waals surface area contributed by atoms with E-state index in [2.05, 4.69) is 51.7 Å². The standard InChI is InChI=1S/C21H20N6O/c1-14-3-4-15(2)19(9-14)26-13-23-17-10-16(5-6-18(17)26)21(28)25-7-8-27-20(11-25)22-12-24-27/h3-6,9-10,12-13H,7-8,11H2,1-2H3. The molecule has 0 saturated heterocycles. The molecule has 28 heavy (non-hydrogen) atoms. The lowest BCUT2D eigenvalue weighted by molar-refractivity contribution is 0.0702. The normalized spacial score (nSPS) is 13.7. The zero-order valence-corrected chi connectivity index (χ0v) is 15.8. The highest BCUT2D eigenvalue weighted by molar-refractivity contribution is 5.97. The number of hydrogen-bond acceptors (Lipinski definition) is 4. The molecule has 2 aromatic heterocycles. The SMILES string of the molecule is Cc1ccc(C)c(-n2cnc3cc(C(=O)N4CCn5ncnc5C4)ccc32)c1. The molecule has 7 nitrogen and oxygen atoms in total. The number of amides is 1. The van der Waals surface area contributed by atoms with Crippen molar-refractivity contribution in [3.63, 3.8) is 0 Å². The highest BCUT2D eigenvalue weighted by Gasteiger charge is 2.23. The molecule has 0 aliphatic carbocycles. The highest BCUT2D eigenvalue weighted by Crippen LogP contribution is 2.24. The fourth-order valence-corrected chi connectivity index (χ4v) is 3.74. The van der Waals surface area contributed by atoms with Gasteiger partial charge in [0.2, 0.25) is 0 Å². The Bertz CT molecular complexity index is 1200. The van der Waals surface area contributed by atoms with Gasteiger partial charge in [-0.25, -0.2) is 14.6 Å². The van der Waals surface area contributed by atoms with E-state index >= 15 is 0 Å². The average Bonchev–Trinajstić information content (AvgIpc) is 3.34. The van der Waals surface area contributed by atoms with E-state index in [1.165, 1.54) is 17.5 Å². The Kier molecular flexibility index (Phi) is 3.75. The van der Waals surface area contributed by atoms with Crippen molar-refractivity contribution >= 4 is 16.9 Å². The summed E-state index contributed by atoms with van der Waals surface area (Å²) in [7, 11) is 0. The van der Waals surface area contributed by atoms with Crippen LogP contribution in [0.2, 0.25) is 0 Å². The van der Waals surface area contributed by atoms with Gasteiger partial charge in [-0.3, -0.25) is 9.36 Å². The summed E-state index contributed by atoms with van der Waals surface area (Å²) in [5.74, 6) is 0.817. The molecule has 4 aromatic rings. The lowest BCUT2D eigenvalue weighted by atomic mass is 10.1. The Morgan fingerprint density at radius 1 is 1.04 bits per heavy atom. The largest absolute Gasteiger partial charge is 0.329 e. The van der Waals surface area contributed by atoms with Crippen molar-refractivity contribution in [3.05, 3.63) is 71.6 Å². The predicted octanol–water partition coefficient (Wildman–Crippen LogP) is 2.89. The number of aromatic nitrogens is 5. The molecule has 0 atom stereocenters. The van der Waals surface area contributed by atoms with Gasteiger partial charge in [0.15, 0.2) is 0 Å². The molecule has 7 heteroatoms. The van der Waals surface area contributed by atoms with Crippen molar-refractivity contribution in [2.24, 2.45) is 0 Å². The molecule has 0 fully saturated rings. The second kappa shape index (κ2) is 6.30. The summed E-state index contributed by atoms with van der Waals surface area (Å²) in [5.41, 5.74) is 5.94. The highest BCUT2D eigenvalue weighted by atomic mass is 16.2. The molecule has 140 valence electrons. The summed E-state index contributed by atoms with van der Waals surface area (Å²) >= 11 is 0. The van der Waals surface area contributed by atoms with Gasteiger partial charge in [-0.05, 0) is 49.2 Å². The van der Waals surface area contributed by atoms with Crippen molar-refractivity contribution in [1.82, 2.24) is 29.2 Å². The molecule has 0 bridgehead atoms. The van der Waals surface area contributed by atoms with Crippen LogP contribution in [-0.4, -0.2) is 41.7 Å². The van der Waals surface area contributed by atoms with E-state index in [1.54, 1.807) is 0 Å². The topological polar surface area (TPSA) is 68.8 Å². The summed E-state index contributed by atoms with van der Waals surface area (Å²) in [6, 6.07) is 12.1. The summed E-state index contributed by atoms with van der Waals surface area (Å²) in [6.45, 7) is 5.95. The summed E-state index contributed by atoms with van der Waals surface area (Å²) in [6.07, 6.45) is 3.36. The van der Waals surface area contributed by atoms with E-state index < -0.39 is 0 Å². The van der Waals surface area contributed by atoms with Crippen molar-refractivity contribution in [1.29, 1.82) is 0 Å². The Morgan fingerprint density at radius 2 is 1.93 bits per heavy atom. The molecule has 0 unspecified atom stereocenters. The minimum Gasteiger partial charge on any atom is -0.329 e. The molecule has 1 amide bonds. The first-order valence-electron chi connectivity index (χ1n) is 9.31. The third-order valence-corrected chi connectivity index (χ3v) is 5.32. The van der Waals surface area contributed by atoms with Gasteiger partial charge >= 0.3 is 0 Å². The van der Waals surface area contributed by atoms with E-state index in [4.69, 9.17) is 0 Å². The van der Waals surface area contributed by atoms with Crippen LogP contribution in [-0.2, 0) is 13.1 Å². The molecule has 0 spiro atoms. The second-order valence-electron chi connectivity index (χ2n) is 7.23. The van der Waals surface area contributed by atoms with Crippen LogP contribution >= 0.6 is 0 Å². The van der Waals surface area contributed by atoms with Crippen LogP contribution in [0.4, 0.5) is 0 Å². The second-order valence-corrected chi connectivity index (χ2v) is 7.23. The third kappa shape index (κ3) is 2.67. The molecule has 0 saturated carbocycles. The molecule has 3 heterocycles. The minimum atomic E-state index is -0.00237. The number of imidazole rings is 1. The maximum atomic E-state index is 13.0. The van der Waals surface area contributed by atoms with Crippen LogP contribution in [0.15, 0.2) is 49.1 Å². The average molecular weight is 372 g/mol. The maximum absolute atomic E-state index is 13.0. The van der Waals surface area contributed by atoms with Crippen LogP contribution < -0.4 is 0 Å². The van der Waals surface area contributed by atoms with E-state index in [1.807, 2.05) is 34.1 Å². The van der Waals surface area contributed by atoms with E-state index in [-0.39, 0.29) is 5.91 Å². The maximum Gasteiger partial charge on any atom is 0.254 e. The van der Waals surface area contributed by atoms with E-state index in [0.717, 1.165) is 22.5 Å². The van der Waals surface area contributed by atoms with E-state index in [9.17, 15) is 4.79 Å². The van der Waals surface area contributed by atoms with E-state index in [0.29, 0.717) is 25.2 Å². The number of rotatable bonds is 2. The van der Waals surface area contributed by atoms with Gasteiger partial charge in [-0.1, -0.05) is 12.1 Å². The summed E-state index contributed by atoms with van der Waals surface area (Å²) in [5, 5.41) is 4.16. The monoisotopic (exact) mass is 372 g/mol. The molecule has 0 radical (unpaired) electrons. The number of hydrogen-bond donors (Lipinski definition) is 0. The molecule has 1 aliphatic rings. The lowest BCUT2D eigenvalue weighted by Crippen LogP contribution is -2.38. The van der Waals surface area contributed by atoms with Crippen molar-refractivity contribution in [3.8, 4) is 5.69 Å². The fraction of sp³-hybridized carbons (Fsp3) is 0.238. The molecule has 0 N–H and O–H groups in total. The smallest absolute Gasteiger partial charge is 0.254 e. The van der Waals surface area contributed by atoms with Gasteiger partial charge < -0.3 is 4.90 Å². The van der Waals surface area contributed by atoms with Crippen molar-refractivity contribution in [2.45, 2.75) is 26.9 Å². The first kappa shape index (κ1) is 16.7. The third-order valence-electron chi connectivity index (χ3n) is 5.32. The number of fused-ring (bicyclic) bond motifs is 2. The fourth-order valence-electron chi connectivity index (χ4n) is 3.74. The van der Waals surface area contributed by atoms with Gasteiger partial charge in [0.1, 0.15) is 18.5 Å². The van der Waals surface area contributed by atoms with Gasteiger partial charge in [-0.2, -0.15) is 5.10 Å². The van der Waals surface area contributed by atoms with Crippen molar-refractivity contribution in [2.75, 3.05) is 6.54 Å². The zero-order valence-electron chi connectivity index (χ0n) is 15.8. The van der Waals surface area contributed by atoms with Crippen LogP contribution in [0.3, 0.4) is 0 Å². The molecule has 1 aliphatic heterocycles. The Balaban J connectivity index is 1.48. The predicted molar refractivity (Wildman–Crippen MR) is 105 cm³/mol. The van der Waals surface area contributed by atoms with Gasteiger partial charge in [0.25, 0.3) is 5.91 Å². The quantitative estimate of drug-likeness (QED) is 0.543. The van der Waals surface area contributed by atoms with Crippen molar-refractivity contribution < 1.29 is 4.79 Å². The van der Waals surface area contributed by atoms with Crippen LogP contribution in [0.25, 0.3) is 16.7 Å². The van der Waals surface area contributed by atoms with Crippen LogP contribution in [0.1, 0.15) is 27.3 Å². The summed E-state index contributed by atoms with van der Waals surface area (Å²) < 4.78 is 3.92. The lowest BCUT2D eigenvalue weighted by Gasteiger charge is -2.26. The number of carbonyl (C=O) groups is 1. The van der Waals surface area contributed by atoms with Gasteiger partial charge in [0, 0.05) is 12.1 Å². The first-order valence-corrected chi connectivity index (χ1v) is 9.31. The molecule has 2 aromatic carbocycles. The molecular weight excluding hydrogens is 352 g/mol. The van der Waals surface area contributed by atoms with Gasteiger partial charge in [0.05, 0.1) is 29.8 Å². The van der Waals surface area contributed by atoms with Gasteiger partial charge in [-0.15, -0.1) is 0 Å². The van der Waals surface area contributed by atoms with Crippen LogP contribution in [0.5, 0.6) is 0 Å². The number of benzene rings is 2. The van der Waals surface area contributed by atoms with Crippen LogP contribution in [0, 0.1) is 13.8 Å². The first-order chi connectivity index (χ1) is 13.6. The summed E-state index contributed by atoms with van der Waals surface area (Å²) in [4.78, 5) is 23.6. The molecular formula is C21H20N6O. The number of nitrogens with zero attached hydrogens (tertiary/aromatic N) is 6.